The molecule has 4 aliphatic carbocycles. The minimum absolute atomic E-state index is 0.0978. The Hall–Kier alpha value is 0.360. The molecular formula is C19H31BrO3. The van der Waals surface area contributed by atoms with Gasteiger partial charge in [-0.25, -0.2) is 0 Å². The van der Waals surface area contributed by atoms with Crippen LogP contribution in [0.1, 0.15) is 65.2 Å². The Balaban J connectivity index is 1.65. The molecule has 0 bridgehead atoms. The van der Waals surface area contributed by atoms with E-state index in [0.29, 0.717) is 29.1 Å². The lowest BCUT2D eigenvalue weighted by atomic mass is 9.45. The Morgan fingerprint density at radius 1 is 0.913 bits per heavy atom. The smallest absolute Gasteiger partial charge is 0.181 e. The van der Waals surface area contributed by atoms with Gasteiger partial charge in [0.2, 0.25) is 0 Å². The van der Waals surface area contributed by atoms with Gasteiger partial charge in [-0.3, -0.25) is 0 Å². The summed E-state index contributed by atoms with van der Waals surface area (Å²) in [5, 5.41) is 31.5. The molecule has 4 fully saturated rings. The zero-order chi connectivity index (χ0) is 16.6. The van der Waals surface area contributed by atoms with Crippen LogP contribution in [0.15, 0.2) is 0 Å². The van der Waals surface area contributed by atoms with Crippen LogP contribution in [0.25, 0.3) is 0 Å². The normalized spacial score (nSPS) is 58.2. The summed E-state index contributed by atoms with van der Waals surface area (Å²) in [7, 11) is 0. The van der Waals surface area contributed by atoms with Crippen molar-refractivity contribution in [3.05, 3.63) is 0 Å². The Bertz CT molecular complexity index is 495. The van der Waals surface area contributed by atoms with Gasteiger partial charge in [-0.15, -0.1) is 0 Å². The van der Waals surface area contributed by atoms with Crippen LogP contribution in [0.5, 0.6) is 0 Å². The van der Waals surface area contributed by atoms with E-state index in [1.54, 1.807) is 0 Å². The third-order valence-corrected chi connectivity index (χ3v) is 9.78. The first-order valence-corrected chi connectivity index (χ1v) is 10.4. The number of halogens is 1. The van der Waals surface area contributed by atoms with Crippen LogP contribution >= 0.6 is 15.9 Å². The molecule has 0 spiro atoms. The molecule has 3 N–H and O–H groups in total. The van der Waals surface area contributed by atoms with Gasteiger partial charge >= 0.3 is 0 Å². The number of hydrogen-bond acceptors (Lipinski definition) is 3. The van der Waals surface area contributed by atoms with Crippen molar-refractivity contribution >= 4 is 15.9 Å². The van der Waals surface area contributed by atoms with E-state index < -0.39 is 5.79 Å². The van der Waals surface area contributed by atoms with E-state index in [-0.39, 0.29) is 16.3 Å². The fourth-order valence-corrected chi connectivity index (χ4v) is 8.12. The van der Waals surface area contributed by atoms with Gasteiger partial charge in [-0.2, -0.15) is 0 Å². The number of hydrogen-bond donors (Lipinski definition) is 3. The molecule has 0 amide bonds. The summed E-state index contributed by atoms with van der Waals surface area (Å²) in [6.45, 7) is 4.57. The molecule has 4 aliphatic rings. The number of aliphatic hydroxyl groups is 3. The van der Waals surface area contributed by atoms with E-state index in [0.717, 1.165) is 38.5 Å². The van der Waals surface area contributed by atoms with Gasteiger partial charge in [0.15, 0.2) is 5.79 Å². The maximum Gasteiger partial charge on any atom is 0.181 e. The van der Waals surface area contributed by atoms with Crippen molar-refractivity contribution < 1.29 is 15.3 Å². The topological polar surface area (TPSA) is 60.7 Å². The van der Waals surface area contributed by atoms with Gasteiger partial charge in [0, 0.05) is 5.41 Å². The van der Waals surface area contributed by atoms with Crippen molar-refractivity contribution in [3.63, 3.8) is 0 Å². The number of rotatable bonds is 0. The average molecular weight is 387 g/mol. The molecule has 0 aliphatic heterocycles. The van der Waals surface area contributed by atoms with Crippen molar-refractivity contribution in [1.82, 2.24) is 0 Å². The first-order chi connectivity index (χ1) is 10.7. The van der Waals surface area contributed by atoms with Crippen molar-refractivity contribution in [1.29, 1.82) is 0 Å². The third kappa shape index (κ3) is 2.10. The standard InChI is InChI=1S/C19H31BrO3/c1-17-7-5-12(21)9-11(17)3-4-13-14(17)6-8-18(2)15(13)10-16(20)19(18,22)23/h11-16,21-23H,3-10H2,1-2H3/t11-,12-,13+,14-,15-,16-,17-,18-/m0/s1. The first kappa shape index (κ1) is 16.8. The summed E-state index contributed by atoms with van der Waals surface area (Å²) in [6.07, 6.45) is 8.29. The van der Waals surface area contributed by atoms with Crippen LogP contribution in [0.3, 0.4) is 0 Å². The summed E-state index contributed by atoms with van der Waals surface area (Å²) in [6, 6.07) is 0. The number of fused-ring (bicyclic) bond motifs is 5. The molecule has 0 unspecified atom stereocenters. The van der Waals surface area contributed by atoms with E-state index in [4.69, 9.17) is 0 Å². The SMILES string of the molecule is C[C@]12CC[C@H](O)C[C@@H]1CC[C@@H]1[C@@H]2CC[C@@]2(C)[C@H]1C[C@H](Br)C2(O)O. The Morgan fingerprint density at radius 2 is 1.65 bits per heavy atom. The van der Waals surface area contributed by atoms with Gasteiger partial charge in [-0.05, 0) is 80.5 Å². The van der Waals surface area contributed by atoms with E-state index in [1.807, 2.05) is 0 Å². The zero-order valence-electron chi connectivity index (χ0n) is 14.3. The minimum atomic E-state index is -1.58. The monoisotopic (exact) mass is 386 g/mol. The second kappa shape index (κ2) is 5.18. The molecule has 4 heteroatoms. The molecule has 3 nitrogen and oxygen atoms in total. The summed E-state index contributed by atoms with van der Waals surface area (Å²) < 4.78 is 0. The average Bonchev–Trinajstić information content (AvgIpc) is 2.67. The van der Waals surface area contributed by atoms with Crippen LogP contribution in [-0.2, 0) is 0 Å². The van der Waals surface area contributed by atoms with Crippen LogP contribution < -0.4 is 0 Å². The molecule has 8 atom stereocenters. The van der Waals surface area contributed by atoms with Crippen molar-refractivity contribution in [2.75, 3.05) is 0 Å². The van der Waals surface area contributed by atoms with E-state index >= 15 is 0 Å². The minimum Gasteiger partial charge on any atom is -0.393 e. The van der Waals surface area contributed by atoms with Crippen LogP contribution in [0, 0.1) is 34.5 Å². The first-order valence-electron chi connectivity index (χ1n) is 9.47. The van der Waals surface area contributed by atoms with E-state index in [2.05, 4.69) is 29.8 Å². The number of alkyl halides is 1. The lowest BCUT2D eigenvalue weighted by molar-refractivity contribution is -0.249. The summed E-state index contributed by atoms with van der Waals surface area (Å²) >= 11 is 3.56. The third-order valence-electron chi connectivity index (χ3n) is 8.77. The van der Waals surface area contributed by atoms with Crippen molar-refractivity contribution in [2.24, 2.45) is 34.5 Å². The molecule has 4 saturated carbocycles. The lowest BCUT2D eigenvalue weighted by Crippen LogP contribution is -2.57. The molecular weight excluding hydrogens is 356 g/mol. The van der Waals surface area contributed by atoms with Crippen LogP contribution in [0.2, 0.25) is 0 Å². The summed E-state index contributed by atoms with van der Waals surface area (Å²) in [5.74, 6) is 0.798. The van der Waals surface area contributed by atoms with E-state index in [1.165, 1.54) is 12.8 Å². The number of aliphatic hydroxyl groups excluding tert-OH is 1. The lowest BCUT2D eigenvalue weighted by Gasteiger charge is -2.61. The largest absolute Gasteiger partial charge is 0.393 e. The maximum absolute atomic E-state index is 10.7. The quantitative estimate of drug-likeness (QED) is 0.441. The maximum atomic E-state index is 10.7. The van der Waals surface area contributed by atoms with Crippen LogP contribution in [0.4, 0.5) is 0 Å². The molecule has 0 radical (unpaired) electrons. The molecule has 0 saturated heterocycles. The highest BCUT2D eigenvalue weighted by atomic mass is 79.9. The van der Waals surface area contributed by atoms with Gasteiger partial charge in [-0.1, -0.05) is 29.8 Å². The molecule has 4 rings (SSSR count). The van der Waals surface area contributed by atoms with Gasteiger partial charge in [0.05, 0.1) is 10.9 Å². The summed E-state index contributed by atoms with van der Waals surface area (Å²) in [5.41, 5.74) is -0.0266. The van der Waals surface area contributed by atoms with Gasteiger partial charge < -0.3 is 15.3 Å². The van der Waals surface area contributed by atoms with Gasteiger partial charge in [0.25, 0.3) is 0 Å². The highest BCUT2D eigenvalue weighted by molar-refractivity contribution is 9.09. The highest BCUT2D eigenvalue weighted by Crippen LogP contribution is 2.68. The van der Waals surface area contributed by atoms with Crippen molar-refractivity contribution in [2.45, 2.75) is 81.9 Å². The highest BCUT2D eigenvalue weighted by Gasteiger charge is 2.67. The Labute approximate surface area is 148 Å². The fourth-order valence-electron chi connectivity index (χ4n) is 7.19. The predicted octanol–water partition coefficient (Wildman–Crippen LogP) is 3.44. The zero-order valence-corrected chi connectivity index (χ0v) is 15.9. The molecule has 23 heavy (non-hydrogen) atoms. The molecule has 0 aromatic heterocycles. The van der Waals surface area contributed by atoms with Crippen LogP contribution in [-0.4, -0.2) is 32.0 Å². The predicted molar refractivity (Wildman–Crippen MR) is 93.0 cm³/mol. The molecule has 0 aromatic carbocycles. The van der Waals surface area contributed by atoms with E-state index in [9.17, 15) is 15.3 Å². The molecule has 0 heterocycles. The second-order valence-electron chi connectivity index (χ2n) is 9.47. The Kier molecular flexibility index (Phi) is 3.79. The van der Waals surface area contributed by atoms with Crippen molar-refractivity contribution in [3.8, 4) is 0 Å². The van der Waals surface area contributed by atoms with Gasteiger partial charge in [0.1, 0.15) is 0 Å². The molecule has 0 aromatic rings. The summed E-state index contributed by atoms with van der Waals surface area (Å²) in [4.78, 5) is -0.206. The molecule has 132 valence electrons. The Morgan fingerprint density at radius 3 is 2.39 bits per heavy atom. The fraction of sp³-hybridized carbons (Fsp3) is 1.00. The second-order valence-corrected chi connectivity index (χ2v) is 10.6.